The number of nitrogens with one attached hydrogen (secondary N) is 1. The van der Waals surface area contributed by atoms with Crippen LogP contribution in [0.5, 0.6) is 5.75 Å². The topological polar surface area (TPSA) is 109 Å². The largest absolute Gasteiger partial charge is 0.505 e. The van der Waals surface area contributed by atoms with E-state index in [4.69, 9.17) is 16.7 Å². The Morgan fingerprint density at radius 3 is 2.45 bits per heavy atom. The molecule has 6 aromatic rings. The summed E-state index contributed by atoms with van der Waals surface area (Å²) >= 11 is 1.42. The van der Waals surface area contributed by atoms with Crippen LogP contribution in [0.15, 0.2) is 95.2 Å². The first kappa shape index (κ1) is 26.8. The third kappa shape index (κ3) is 4.87. The van der Waals surface area contributed by atoms with Gasteiger partial charge in [-0.15, -0.1) is 10.2 Å². The number of aromatic hydroxyl groups is 1. The standard InChI is InChI=1S/C32H25N7O2S/c1-32(2,3)28-26(33-4)29(39(38-28)31-35-23-16-10-11-17-24(23)42-31)37-36-25-21-15-9-8-12-19(21)18-22(27(25)40)30(41)34-20-13-6-5-7-14-20/h5-18,40H,1-3H3,(H,34,41). The van der Waals surface area contributed by atoms with Crippen LogP contribution in [-0.4, -0.2) is 25.8 Å². The van der Waals surface area contributed by atoms with Crippen molar-refractivity contribution >= 4 is 61.1 Å². The summed E-state index contributed by atoms with van der Waals surface area (Å²) in [6.07, 6.45) is 0. The van der Waals surface area contributed by atoms with E-state index in [0.29, 0.717) is 27.3 Å². The maximum absolute atomic E-state index is 13.2. The van der Waals surface area contributed by atoms with Gasteiger partial charge in [-0.3, -0.25) is 4.79 Å². The number of thiazole rings is 1. The first-order chi connectivity index (χ1) is 20.2. The fourth-order valence-electron chi connectivity index (χ4n) is 4.59. The van der Waals surface area contributed by atoms with Gasteiger partial charge in [0.25, 0.3) is 11.6 Å². The van der Waals surface area contributed by atoms with Crippen LogP contribution in [-0.2, 0) is 5.41 Å². The molecular formula is C32H25N7O2S. The molecule has 6 rings (SSSR count). The van der Waals surface area contributed by atoms with Crippen LogP contribution < -0.4 is 5.32 Å². The Kier molecular flexibility index (Phi) is 6.72. The molecule has 0 spiro atoms. The number of phenolic OH excluding ortho intramolecular Hbond substituents is 1. The van der Waals surface area contributed by atoms with Gasteiger partial charge in [0.05, 0.1) is 28.0 Å². The first-order valence-corrected chi connectivity index (χ1v) is 14.0. The molecule has 206 valence electrons. The summed E-state index contributed by atoms with van der Waals surface area (Å²) in [5.74, 6) is -0.619. The number of phenols is 1. The number of aromatic nitrogens is 3. The van der Waals surface area contributed by atoms with Crippen LogP contribution in [0, 0.1) is 6.57 Å². The Labute approximate surface area is 245 Å². The number of carbonyl (C=O) groups is 1. The van der Waals surface area contributed by atoms with Gasteiger partial charge in [0.1, 0.15) is 5.69 Å². The van der Waals surface area contributed by atoms with Gasteiger partial charge < -0.3 is 10.4 Å². The molecule has 0 unspecified atom stereocenters. The lowest BCUT2D eigenvalue weighted by atomic mass is 9.91. The van der Waals surface area contributed by atoms with Crippen LogP contribution in [0.3, 0.4) is 0 Å². The van der Waals surface area contributed by atoms with Crippen LogP contribution in [0.25, 0.3) is 31.0 Å². The zero-order valence-electron chi connectivity index (χ0n) is 23.0. The van der Waals surface area contributed by atoms with E-state index in [9.17, 15) is 9.90 Å². The molecule has 0 atom stereocenters. The zero-order valence-corrected chi connectivity index (χ0v) is 23.8. The summed E-state index contributed by atoms with van der Waals surface area (Å²) in [5, 5.41) is 29.7. The van der Waals surface area contributed by atoms with Gasteiger partial charge in [-0.2, -0.15) is 9.78 Å². The molecule has 0 aliphatic heterocycles. The molecule has 2 N–H and O–H groups in total. The minimum atomic E-state index is -0.489. The predicted octanol–water partition coefficient (Wildman–Crippen LogP) is 8.86. The number of anilines is 1. The van der Waals surface area contributed by atoms with Crippen LogP contribution >= 0.6 is 11.3 Å². The summed E-state index contributed by atoms with van der Waals surface area (Å²) in [4.78, 5) is 21.8. The second kappa shape index (κ2) is 10.5. The molecule has 0 bridgehead atoms. The van der Waals surface area contributed by atoms with Gasteiger partial charge in [-0.05, 0) is 41.1 Å². The van der Waals surface area contributed by atoms with Crippen molar-refractivity contribution in [2.45, 2.75) is 26.2 Å². The quantitative estimate of drug-likeness (QED) is 0.159. The number of rotatable bonds is 5. The summed E-state index contributed by atoms with van der Waals surface area (Å²) < 4.78 is 2.50. The number of carbonyl (C=O) groups excluding carboxylic acids is 1. The fraction of sp³-hybridized carbons (Fsp3) is 0.125. The molecule has 2 aromatic heterocycles. The lowest BCUT2D eigenvalue weighted by molar-refractivity contribution is 0.102. The smallest absolute Gasteiger partial charge is 0.259 e. The van der Waals surface area contributed by atoms with Gasteiger partial charge in [-0.25, -0.2) is 9.83 Å². The highest BCUT2D eigenvalue weighted by Gasteiger charge is 2.29. The summed E-state index contributed by atoms with van der Waals surface area (Å²) in [6, 6.07) is 25.6. The van der Waals surface area contributed by atoms with Crippen molar-refractivity contribution in [3.63, 3.8) is 0 Å². The second-order valence-corrected chi connectivity index (χ2v) is 11.6. The van der Waals surface area contributed by atoms with Crippen molar-refractivity contribution in [3.05, 3.63) is 108 Å². The normalized spacial score (nSPS) is 11.8. The Morgan fingerprint density at radius 2 is 1.71 bits per heavy atom. The van der Waals surface area contributed by atoms with Gasteiger partial charge in [-0.1, -0.05) is 86.7 Å². The van der Waals surface area contributed by atoms with Crippen molar-refractivity contribution in [2.24, 2.45) is 10.2 Å². The zero-order chi connectivity index (χ0) is 29.4. The second-order valence-electron chi connectivity index (χ2n) is 10.6. The van der Waals surface area contributed by atoms with E-state index in [2.05, 4.69) is 20.4 Å². The number of benzene rings is 4. The summed E-state index contributed by atoms with van der Waals surface area (Å²) in [5.41, 5.74) is 1.88. The molecule has 0 saturated heterocycles. The molecule has 0 aliphatic rings. The third-order valence-electron chi connectivity index (χ3n) is 6.64. The number of azo groups is 1. The lowest BCUT2D eigenvalue weighted by Gasteiger charge is -2.15. The number of hydrogen-bond donors (Lipinski definition) is 2. The third-order valence-corrected chi connectivity index (χ3v) is 7.65. The SMILES string of the molecule is [C-]#[N+]c1c(C(C)(C)C)nn(-c2nc3ccccc3s2)c1N=Nc1c(O)c(C(=O)Nc2ccccc2)cc2ccccc12. The Hall–Kier alpha value is -5.40. The number of hydrogen-bond acceptors (Lipinski definition) is 7. The highest BCUT2D eigenvalue weighted by atomic mass is 32.1. The molecule has 2 heterocycles. The number of nitrogens with zero attached hydrogens (tertiary/aromatic N) is 6. The predicted molar refractivity (Wildman–Crippen MR) is 166 cm³/mol. The van der Waals surface area contributed by atoms with Crippen LogP contribution in [0.4, 0.5) is 22.9 Å². The minimum absolute atomic E-state index is 0.0481. The van der Waals surface area contributed by atoms with Gasteiger partial charge in [0.2, 0.25) is 5.13 Å². The molecule has 0 aliphatic carbocycles. The van der Waals surface area contributed by atoms with Crippen molar-refractivity contribution < 1.29 is 9.90 Å². The molecule has 0 saturated carbocycles. The molecule has 42 heavy (non-hydrogen) atoms. The molecular weight excluding hydrogens is 546 g/mol. The molecule has 0 fully saturated rings. The maximum atomic E-state index is 13.2. The molecule has 10 heteroatoms. The number of para-hydroxylation sites is 2. The molecule has 0 radical (unpaired) electrons. The van der Waals surface area contributed by atoms with E-state index in [1.807, 2.05) is 81.4 Å². The average molecular weight is 572 g/mol. The highest BCUT2D eigenvalue weighted by molar-refractivity contribution is 7.20. The number of amides is 1. The van der Waals surface area contributed by atoms with E-state index >= 15 is 0 Å². The van der Waals surface area contributed by atoms with Crippen LogP contribution in [0.2, 0.25) is 0 Å². The van der Waals surface area contributed by atoms with Crippen molar-refractivity contribution in [1.82, 2.24) is 14.8 Å². The minimum Gasteiger partial charge on any atom is -0.505 e. The van der Waals surface area contributed by atoms with Crippen LogP contribution in [0.1, 0.15) is 36.8 Å². The monoisotopic (exact) mass is 571 g/mol. The lowest BCUT2D eigenvalue weighted by Crippen LogP contribution is -2.12. The van der Waals surface area contributed by atoms with E-state index < -0.39 is 11.3 Å². The van der Waals surface area contributed by atoms with Gasteiger partial charge >= 0.3 is 0 Å². The highest BCUT2D eigenvalue weighted by Crippen LogP contribution is 2.44. The van der Waals surface area contributed by atoms with Crippen molar-refractivity contribution in [1.29, 1.82) is 0 Å². The van der Waals surface area contributed by atoms with Crippen molar-refractivity contribution in [3.8, 4) is 10.9 Å². The fourth-order valence-corrected chi connectivity index (χ4v) is 5.51. The summed E-state index contributed by atoms with van der Waals surface area (Å²) in [7, 11) is 0. The Bertz CT molecular complexity index is 2010. The molecule has 9 nitrogen and oxygen atoms in total. The van der Waals surface area contributed by atoms with E-state index in [1.54, 1.807) is 24.3 Å². The first-order valence-electron chi connectivity index (χ1n) is 13.1. The number of fused-ring (bicyclic) bond motifs is 2. The van der Waals surface area contributed by atoms with Gasteiger partial charge in [0.15, 0.2) is 11.6 Å². The Morgan fingerprint density at radius 1 is 1.00 bits per heavy atom. The average Bonchev–Trinajstić information content (AvgIpc) is 3.58. The van der Waals surface area contributed by atoms with Crippen molar-refractivity contribution in [2.75, 3.05) is 5.32 Å². The molecule has 4 aromatic carbocycles. The maximum Gasteiger partial charge on any atom is 0.259 e. The van der Waals surface area contributed by atoms with E-state index in [1.165, 1.54) is 16.0 Å². The van der Waals surface area contributed by atoms with E-state index in [0.717, 1.165) is 10.2 Å². The molecule has 1 amide bonds. The van der Waals surface area contributed by atoms with Gasteiger partial charge in [0, 0.05) is 11.1 Å². The van der Waals surface area contributed by atoms with E-state index in [-0.39, 0.29) is 28.5 Å². The Balaban J connectivity index is 1.52. The summed E-state index contributed by atoms with van der Waals surface area (Å²) in [6.45, 7) is 13.9.